The molecule has 0 radical (unpaired) electrons. The molecule has 100 valence electrons. The minimum absolute atomic E-state index is 0.122. The largest absolute Gasteiger partial charge is 0.494 e. The molecule has 0 aliphatic rings. The number of nitrogens with one attached hydrogen (secondary N) is 1. The number of likely N-dealkylation sites (N-methyl/N-ethyl adjacent to an activating group) is 2. The molecule has 1 rings (SSSR count). The molecule has 4 nitrogen and oxygen atoms in total. The van der Waals surface area contributed by atoms with Crippen molar-refractivity contribution in [2.45, 2.75) is 13.3 Å². The normalized spacial score (nSPS) is 10.1. The summed E-state index contributed by atoms with van der Waals surface area (Å²) in [6.45, 7) is 4.56. The van der Waals surface area contributed by atoms with Gasteiger partial charge in [0.1, 0.15) is 5.75 Å². The van der Waals surface area contributed by atoms with Gasteiger partial charge in [0.2, 0.25) is 5.91 Å². The summed E-state index contributed by atoms with van der Waals surface area (Å²) >= 11 is 0. The fourth-order valence-electron chi connectivity index (χ4n) is 1.50. The van der Waals surface area contributed by atoms with E-state index in [2.05, 4.69) is 5.32 Å². The number of ether oxygens (including phenoxy) is 1. The van der Waals surface area contributed by atoms with E-state index in [1.54, 1.807) is 4.90 Å². The van der Waals surface area contributed by atoms with Gasteiger partial charge in [-0.05, 0) is 25.1 Å². The Hall–Kier alpha value is -1.55. The van der Waals surface area contributed by atoms with Crippen LogP contribution in [0.5, 0.6) is 5.75 Å². The molecule has 0 unspecified atom stereocenters. The number of rotatable bonds is 8. The molecule has 0 atom stereocenters. The fourth-order valence-corrected chi connectivity index (χ4v) is 1.50. The molecule has 0 saturated carbocycles. The predicted octanol–water partition coefficient (Wildman–Crippen LogP) is 1.52. The van der Waals surface area contributed by atoms with Gasteiger partial charge in [-0.25, -0.2) is 0 Å². The molecule has 0 spiro atoms. The van der Waals surface area contributed by atoms with Gasteiger partial charge in [0.25, 0.3) is 0 Å². The van der Waals surface area contributed by atoms with Gasteiger partial charge in [0.15, 0.2) is 0 Å². The predicted molar refractivity (Wildman–Crippen MR) is 72.7 cm³/mol. The lowest BCUT2D eigenvalue weighted by Crippen LogP contribution is -2.36. The molecule has 4 heteroatoms. The Morgan fingerprint density at radius 3 is 2.72 bits per heavy atom. The van der Waals surface area contributed by atoms with Crippen LogP contribution in [0.4, 0.5) is 0 Å². The highest BCUT2D eigenvalue weighted by atomic mass is 16.5. The van der Waals surface area contributed by atoms with Gasteiger partial charge in [-0.15, -0.1) is 0 Å². The number of benzene rings is 1. The van der Waals surface area contributed by atoms with Crippen LogP contribution in [-0.2, 0) is 4.79 Å². The average Bonchev–Trinajstić information content (AvgIpc) is 2.41. The van der Waals surface area contributed by atoms with Gasteiger partial charge in [-0.3, -0.25) is 4.79 Å². The van der Waals surface area contributed by atoms with E-state index in [0.29, 0.717) is 13.2 Å². The topological polar surface area (TPSA) is 41.6 Å². The van der Waals surface area contributed by atoms with E-state index in [1.807, 2.05) is 44.3 Å². The van der Waals surface area contributed by atoms with Crippen molar-refractivity contribution in [1.29, 1.82) is 0 Å². The van der Waals surface area contributed by atoms with E-state index in [4.69, 9.17) is 4.74 Å². The Balaban J connectivity index is 2.12. The number of para-hydroxylation sites is 1. The van der Waals surface area contributed by atoms with E-state index < -0.39 is 0 Å². The Labute approximate surface area is 109 Å². The number of nitrogens with zero attached hydrogens (tertiary/aromatic N) is 1. The Bertz CT molecular complexity index is 341. The molecule has 0 saturated heterocycles. The second kappa shape index (κ2) is 8.53. The first-order chi connectivity index (χ1) is 8.74. The van der Waals surface area contributed by atoms with Crippen molar-refractivity contribution in [3.63, 3.8) is 0 Å². The summed E-state index contributed by atoms with van der Waals surface area (Å²) in [6.07, 6.45) is 0.837. The highest BCUT2D eigenvalue weighted by Gasteiger charge is 2.06. The number of hydrogen-bond acceptors (Lipinski definition) is 3. The highest BCUT2D eigenvalue weighted by Crippen LogP contribution is 2.08. The van der Waals surface area contributed by atoms with E-state index in [0.717, 1.165) is 25.3 Å². The molecule has 0 aromatic heterocycles. The van der Waals surface area contributed by atoms with Crippen molar-refractivity contribution in [3.8, 4) is 5.75 Å². The van der Waals surface area contributed by atoms with Crippen LogP contribution in [0.1, 0.15) is 13.3 Å². The summed E-state index contributed by atoms with van der Waals surface area (Å²) in [5.74, 6) is 0.996. The molecule has 1 aromatic carbocycles. The molecular weight excluding hydrogens is 228 g/mol. The van der Waals surface area contributed by atoms with E-state index in [1.165, 1.54) is 0 Å². The van der Waals surface area contributed by atoms with Gasteiger partial charge in [0, 0.05) is 13.6 Å². The molecule has 0 aliphatic carbocycles. The zero-order valence-electron chi connectivity index (χ0n) is 11.2. The Kier molecular flexibility index (Phi) is 6.87. The molecule has 1 amide bonds. The van der Waals surface area contributed by atoms with Crippen LogP contribution in [0.2, 0.25) is 0 Å². The fraction of sp³-hybridized carbons (Fsp3) is 0.500. The minimum Gasteiger partial charge on any atom is -0.494 e. The number of hydrogen-bond donors (Lipinski definition) is 1. The van der Waals surface area contributed by atoms with Crippen molar-refractivity contribution < 1.29 is 9.53 Å². The van der Waals surface area contributed by atoms with Crippen molar-refractivity contribution >= 4 is 5.91 Å². The maximum absolute atomic E-state index is 11.6. The molecule has 0 heterocycles. The lowest BCUT2D eigenvalue weighted by atomic mass is 10.3. The first-order valence-corrected chi connectivity index (χ1v) is 6.36. The summed E-state index contributed by atoms with van der Waals surface area (Å²) in [6, 6.07) is 9.71. The van der Waals surface area contributed by atoms with Crippen LogP contribution in [0.3, 0.4) is 0 Å². The van der Waals surface area contributed by atoms with E-state index in [-0.39, 0.29) is 5.91 Å². The molecule has 18 heavy (non-hydrogen) atoms. The standard InChI is InChI=1S/C14H22N2O2/c1-3-15-12-14(17)16(2)10-7-11-18-13-8-5-4-6-9-13/h4-6,8-9,15H,3,7,10-12H2,1-2H3. The molecule has 0 fully saturated rings. The molecule has 1 N–H and O–H groups in total. The van der Waals surface area contributed by atoms with Crippen LogP contribution in [0.15, 0.2) is 30.3 Å². The maximum Gasteiger partial charge on any atom is 0.236 e. The summed E-state index contributed by atoms with van der Waals surface area (Å²) < 4.78 is 5.56. The Morgan fingerprint density at radius 2 is 2.06 bits per heavy atom. The van der Waals surface area contributed by atoms with Crippen LogP contribution in [0, 0.1) is 0 Å². The average molecular weight is 250 g/mol. The minimum atomic E-state index is 0.122. The van der Waals surface area contributed by atoms with Crippen molar-refractivity contribution in [2.75, 3.05) is 33.3 Å². The van der Waals surface area contributed by atoms with E-state index in [9.17, 15) is 4.79 Å². The molecule has 1 aromatic rings. The Morgan fingerprint density at radius 1 is 1.33 bits per heavy atom. The third-order valence-corrected chi connectivity index (χ3v) is 2.60. The first-order valence-electron chi connectivity index (χ1n) is 6.36. The molecule has 0 bridgehead atoms. The van der Waals surface area contributed by atoms with Gasteiger partial charge in [-0.2, -0.15) is 0 Å². The highest BCUT2D eigenvalue weighted by molar-refractivity contribution is 5.77. The quantitative estimate of drug-likeness (QED) is 0.711. The zero-order valence-corrected chi connectivity index (χ0v) is 11.2. The van der Waals surface area contributed by atoms with Crippen molar-refractivity contribution in [3.05, 3.63) is 30.3 Å². The van der Waals surface area contributed by atoms with Gasteiger partial charge in [-0.1, -0.05) is 25.1 Å². The van der Waals surface area contributed by atoms with Gasteiger partial charge < -0.3 is 15.0 Å². The van der Waals surface area contributed by atoms with Crippen molar-refractivity contribution in [2.24, 2.45) is 0 Å². The van der Waals surface area contributed by atoms with Crippen LogP contribution in [-0.4, -0.2) is 44.1 Å². The zero-order chi connectivity index (χ0) is 13.2. The van der Waals surface area contributed by atoms with Gasteiger partial charge in [0.05, 0.1) is 13.2 Å². The third kappa shape index (κ3) is 5.68. The lowest BCUT2D eigenvalue weighted by Gasteiger charge is -2.17. The molecular formula is C14H22N2O2. The SMILES string of the molecule is CCNCC(=O)N(C)CCCOc1ccccc1. The smallest absolute Gasteiger partial charge is 0.236 e. The third-order valence-electron chi connectivity index (χ3n) is 2.60. The number of amides is 1. The van der Waals surface area contributed by atoms with Crippen molar-refractivity contribution in [1.82, 2.24) is 10.2 Å². The van der Waals surface area contributed by atoms with Crippen LogP contribution < -0.4 is 10.1 Å². The molecule has 0 aliphatic heterocycles. The summed E-state index contributed by atoms with van der Waals surface area (Å²) in [7, 11) is 1.82. The number of carbonyl (C=O) groups excluding carboxylic acids is 1. The van der Waals surface area contributed by atoms with Gasteiger partial charge >= 0.3 is 0 Å². The maximum atomic E-state index is 11.6. The lowest BCUT2D eigenvalue weighted by molar-refractivity contribution is -0.129. The first kappa shape index (κ1) is 14.5. The summed E-state index contributed by atoms with van der Waals surface area (Å²) in [4.78, 5) is 13.3. The monoisotopic (exact) mass is 250 g/mol. The van der Waals surface area contributed by atoms with E-state index >= 15 is 0 Å². The summed E-state index contributed by atoms with van der Waals surface area (Å²) in [5, 5.41) is 3.02. The summed E-state index contributed by atoms with van der Waals surface area (Å²) in [5.41, 5.74) is 0. The second-order valence-electron chi connectivity index (χ2n) is 4.11. The van der Waals surface area contributed by atoms with Crippen LogP contribution in [0.25, 0.3) is 0 Å². The second-order valence-corrected chi connectivity index (χ2v) is 4.11. The number of carbonyl (C=O) groups is 1. The van der Waals surface area contributed by atoms with Crippen LogP contribution >= 0.6 is 0 Å².